The lowest BCUT2D eigenvalue weighted by molar-refractivity contribution is 0.314. The molecular weight excluding hydrogens is 176 g/mol. The number of rotatable bonds is 2. The summed E-state index contributed by atoms with van der Waals surface area (Å²) < 4.78 is 30.4. The number of ether oxygens (including phenoxy) is 1. The van der Waals surface area contributed by atoms with E-state index < -0.39 is 11.6 Å². The fourth-order valence-corrected chi connectivity index (χ4v) is 0.889. The van der Waals surface area contributed by atoms with Crippen molar-refractivity contribution in [3.63, 3.8) is 0 Å². The van der Waals surface area contributed by atoms with Crippen LogP contribution in [0.15, 0.2) is 12.1 Å². The van der Waals surface area contributed by atoms with Gasteiger partial charge >= 0.3 is 0 Å². The Labute approximate surface area is 74.4 Å². The second-order valence-electron chi connectivity index (χ2n) is 2.32. The predicted molar refractivity (Wildman–Crippen MR) is 42.2 cm³/mol. The lowest BCUT2D eigenvalue weighted by atomic mass is 10.2. The van der Waals surface area contributed by atoms with Crippen LogP contribution < -0.4 is 4.74 Å². The molecule has 0 fully saturated rings. The van der Waals surface area contributed by atoms with Crippen molar-refractivity contribution in [2.45, 2.75) is 6.92 Å². The highest BCUT2D eigenvalue weighted by Gasteiger charge is 2.11. The van der Waals surface area contributed by atoms with Crippen LogP contribution in [0.4, 0.5) is 8.78 Å². The van der Waals surface area contributed by atoms with Crippen molar-refractivity contribution in [1.82, 2.24) is 0 Å². The SMILES string of the molecule is CCOc1cc(C#N)cc(F)c1F. The Hall–Kier alpha value is -1.63. The van der Waals surface area contributed by atoms with E-state index in [1.54, 1.807) is 13.0 Å². The Morgan fingerprint density at radius 3 is 2.69 bits per heavy atom. The van der Waals surface area contributed by atoms with Gasteiger partial charge < -0.3 is 4.74 Å². The molecule has 4 heteroatoms. The van der Waals surface area contributed by atoms with Gasteiger partial charge in [0.15, 0.2) is 11.6 Å². The van der Waals surface area contributed by atoms with Crippen LogP contribution in [0.5, 0.6) is 5.75 Å². The average Bonchev–Trinajstić information content (AvgIpc) is 2.13. The Bertz CT molecular complexity index is 357. The van der Waals surface area contributed by atoms with E-state index in [0.717, 1.165) is 6.07 Å². The van der Waals surface area contributed by atoms with Gasteiger partial charge in [-0.25, -0.2) is 4.39 Å². The van der Waals surface area contributed by atoms with Gasteiger partial charge in [-0.15, -0.1) is 0 Å². The summed E-state index contributed by atoms with van der Waals surface area (Å²) in [6.07, 6.45) is 0. The first-order valence-electron chi connectivity index (χ1n) is 3.71. The van der Waals surface area contributed by atoms with Gasteiger partial charge in [0, 0.05) is 6.07 Å². The molecule has 1 aromatic rings. The molecule has 0 N–H and O–H groups in total. The van der Waals surface area contributed by atoms with Crippen LogP contribution >= 0.6 is 0 Å². The number of hydrogen-bond donors (Lipinski definition) is 0. The number of benzene rings is 1. The molecule has 0 aromatic heterocycles. The highest BCUT2D eigenvalue weighted by molar-refractivity contribution is 5.38. The molecule has 1 rings (SSSR count). The van der Waals surface area contributed by atoms with E-state index >= 15 is 0 Å². The lowest BCUT2D eigenvalue weighted by Gasteiger charge is -2.04. The molecule has 0 radical (unpaired) electrons. The molecule has 2 nitrogen and oxygen atoms in total. The smallest absolute Gasteiger partial charge is 0.200 e. The summed E-state index contributed by atoms with van der Waals surface area (Å²) in [6, 6.07) is 3.71. The first-order chi connectivity index (χ1) is 6.19. The van der Waals surface area contributed by atoms with Crippen molar-refractivity contribution in [1.29, 1.82) is 5.26 Å². The molecule has 0 amide bonds. The summed E-state index contributed by atoms with van der Waals surface area (Å²) in [7, 11) is 0. The summed E-state index contributed by atoms with van der Waals surface area (Å²) in [5.41, 5.74) is 0.0438. The zero-order valence-electron chi connectivity index (χ0n) is 6.97. The number of nitrogens with zero attached hydrogens (tertiary/aromatic N) is 1. The van der Waals surface area contributed by atoms with Crippen molar-refractivity contribution in [3.8, 4) is 11.8 Å². The van der Waals surface area contributed by atoms with Crippen LogP contribution in [-0.2, 0) is 0 Å². The zero-order valence-corrected chi connectivity index (χ0v) is 6.97. The largest absolute Gasteiger partial charge is 0.491 e. The number of halogens is 2. The van der Waals surface area contributed by atoms with Crippen LogP contribution in [0.3, 0.4) is 0 Å². The summed E-state index contributed by atoms with van der Waals surface area (Å²) >= 11 is 0. The normalized spacial score (nSPS) is 9.38. The molecule has 0 atom stereocenters. The molecule has 1 aromatic carbocycles. The molecule has 0 spiro atoms. The van der Waals surface area contributed by atoms with Crippen molar-refractivity contribution >= 4 is 0 Å². The third-order valence-corrected chi connectivity index (χ3v) is 1.42. The van der Waals surface area contributed by atoms with Crippen LogP contribution in [0.2, 0.25) is 0 Å². The van der Waals surface area contributed by atoms with Gasteiger partial charge in [0.05, 0.1) is 18.2 Å². The Balaban J connectivity index is 3.18. The van der Waals surface area contributed by atoms with E-state index in [1.165, 1.54) is 6.07 Å². The first kappa shape index (κ1) is 9.46. The highest BCUT2D eigenvalue weighted by Crippen LogP contribution is 2.21. The van der Waals surface area contributed by atoms with E-state index in [2.05, 4.69) is 0 Å². The average molecular weight is 183 g/mol. The minimum atomic E-state index is -1.07. The lowest BCUT2D eigenvalue weighted by Crippen LogP contribution is -1.97. The van der Waals surface area contributed by atoms with Gasteiger partial charge in [-0.1, -0.05) is 0 Å². The zero-order chi connectivity index (χ0) is 9.84. The molecule has 0 aliphatic heterocycles. The second kappa shape index (κ2) is 3.85. The summed E-state index contributed by atoms with van der Waals surface area (Å²) in [4.78, 5) is 0. The molecule has 0 saturated carbocycles. The number of hydrogen-bond acceptors (Lipinski definition) is 2. The van der Waals surface area contributed by atoms with Gasteiger partial charge in [-0.3, -0.25) is 0 Å². The van der Waals surface area contributed by atoms with Gasteiger partial charge in [-0.2, -0.15) is 9.65 Å². The second-order valence-corrected chi connectivity index (χ2v) is 2.32. The quantitative estimate of drug-likeness (QED) is 0.704. The van der Waals surface area contributed by atoms with Gasteiger partial charge in [-0.05, 0) is 13.0 Å². The van der Waals surface area contributed by atoms with Crippen LogP contribution in [0.1, 0.15) is 12.5 Å². The number of nitriles is 1. The van der Waals surface area contributed by atoms with E-state index in [9.17, 15) is 8.78 Å². The van der Waals surface area contributed by atoms with E-state index in [4.69, 9.17) is 10.00 Å². The maximum atomic E-state index is 12.9. The summed E-state index contributed by atoms with van der Waals surface area (Å²) in [5, 5.41) is 8.45. The minimum absolute atomic E-state index is 0.0438. The Morgan fingerprint density at radius 2 is 2.15 bits per heavy atom. The molecule has 13 heavy (non-hydrogen) atoms. The summed E-state index contributed by atoms with van der Waals surface area (Å²) in [5.74, 6) is -2.34. The third kappa shape index (κ3) is 1.94. The molecule has 0 unspecified atom stereocenters. The van der Waals surface area contributed by atoms with Crippen molar-refractivity contribution in [2.75, 3.05) is 6.61 Å². The van der Waals surface area contributed by atoms with Crippen LogP contribution in [0.25, 0.3) is 0 Å². The van der Waals surface area contributed by atoms with Crippen molar-refractivity contribution in [3.05, 3.63) is 29.3 Å². The summed E-state index contributed by atoms with van der Waals surface area (Å²) in [6.45, 7) is 1.88. The third-order valence-electron chi connectivity index (χ3n) is 1.42. The fourth-order valence-electron chi connectivity index (χ4n) is 0.889. The van der Waals surface area contributed by atoms with Crippen LogP contribution in [0, 0.1) is 23.0 Å². The molecule has 0 heterocycles. The Morgan fingerprint density at radius 1 is 1.46 bits per heavy atom. The molecule has 0 aliphatic carbocycles. The molecule has 0 bridgehead atoms. The van der Waals surface area contributed by atoms with E-state index in [0.29, 0.717) is 0 Å². The van der Waals surface area contributed by atoms with Crippen LogP contribution in [-0.4, -0.2) is 6.61 Å². The maximum absolute atomic E-state index is 12.9. The molecule has 68 valence electrons. The Kier molecular flexibility index (Phi) is 2.80. The van der Waals surface area contributed by atoms with E-state index in [1.807, 2.05) is 0 Å². The van der Waals surface area contributed by atoms with Crippen molar-refractivity contribution < 1.29 is 13.5 Å². The van der Waals surface area contributed by atoms with Gasteiger partial charge in [0.2, 0.25) is 5.82 Å². The predicted octanol–water partition coefficient (Wildman–Crippen LogP) is 2.24. The minimum Gasteiger partial charge on any atom is -0.491 e. The topological polar surface area (TPSA) is 33.0 Å². The van der Waals surface area contributed by atoms with Crippen molar-refractivity contribution in [2.24, 2.45) is 0 Å². The highest BCUT2D eigenvalue weighted by atomic mass is 19.2. The van der Waals surface area contributed by atoms with Gasteiger partial charge in [0.1, 0.15) is 0 Å². The van der Waals surface area contributed by atoms with E-state index in [-0.39, 0.29) is 17.9 Å². The molecule has 0 aliphatic rings. The fraction of sp³-hybridized carbons (Fsp3) is 0.222. The van der Waals surface area contributed by atoms with Gasteiger partial charge in [0.25, 0.3) is 0 Å². The monoisotopic (exact) mass is 183 g/mol. The standard InChI is InChI=1S/C9H7F2NO/c1-2-13-8-4-6(5-12)3-7(10)9(8)11/h3-4H,2H2,1H3. The first-order valence-corrected chi connectivity index (χ1v) is 3.71. The molecular formula is C9H7F2NO. The maximum Gasteiger partial charge on any atom is 0.200 e. The molecule has 0 saturated heterocycles.